The van der Waals surface area contributed by atoms with Gasteiger partial charge in [0.15, 0.2) is 0 Å². The van der Waals surface area contributed by atoms with E-state index in [4.69, 9.17) is 14.2 Å². The van der Waals surface area contributed by atoms with Gasteiger partial charge in [-0.1, -0.05) is 0 Å². The maximum absolute atomic E-state index is 11.2. The number of alkyl carbamates (subject to hydrolysis) is 1. The number of epoxide rings is 1. The molecule has 0 bridgehead atoms. The highest BCUT2D eigenvalue weighted by atomic mass is 16.8. The van der Waals surface area contributed by atoms with Gasteiger partial charge in [-0.2, -0.15) is 0 Å². The lowest BCUT2D eigenvalue weighted by Crippen LogP contribution is -2.28. The number of nitrogens with one attached hydrogen (secondary N) is 1. The summed E-state index contributed by atoms with van der Waals surface area (Å²) >= 11 is 0. The highest BCUT2D eigenvalue weighted by Crippen LogP contribution is 2.12. The van der Waals surface area contributed by atoms with Crippen molar-refractivity contribution in [2.24, 2.45) is 0 Å². The topological polar surface area (TPSA) is 86.4 Å². The van der Waals surface area contributed by atoms with Crippen molar-refractivity contribution in [2.45, 2.75) is 31.5 Å². The molecule has 0 aliphatic carbocycles. The Morgan fingerprint density at radius 3 is 2.83 bits per heavy atom. The lowest BCUT2D eigenvalue weighted by molar-refractivity contribution is 0.114. The molecule has 0 aromatic heterocycles. The third-order valence-corrected chi connectivity index (χ3v) is 2.68. The van der Waals surface area contributed by atoms with Crippen LogP contribution in [0.25, 0.3) is 0 Å². The van der Waals surface area contributed by atoms with E-state index in [0.717, 1.165) is 19.3 Å². The summed E-state index contributed by atoms with van der Waals surface area (Å²) in [5, 5.41) is 2.61. The molecule has 7 nitrogen and oxygen atoms in total. The Kier molecular flexibility index (Phi) is 4.63. The summed E-state index contributed by atoms with van der Waals surface area (Å²) in [6.45, 7) is 1.90. The fourth-order valence-corrected chi connectivity index (χ4v) is 1.58. The molecule has 2 unspecified atom stereocenters. The maximum Gasteiger partial charge on any atom is 0.508 e. The first-order chi connectivity index (χ1) is 8.74. The van der Waals surface area contributed by atoms with Gasteiger partial charge in [-0.3, -0.25) is 0 Å². The number of amides is 1. The Morgan fingerprint density at radius 2 is 2.17 bits per heavy atom. The number of cyclic esters (lactones) is 2. The largest absolute Gasteiger partial charge is 0.508 e. The molecule has 2 aliphatic rings. The number of carbonyl (C=O) groups excluding carboxylic acids is 2. The molecule has 2 heterocycles. The Balaban J connectivity index is 1.40. The zero-order chi connectivity index (χ0) is 12.8. The molecule has 2 rings (SSSR count). The van der Waals surface area contributed by atoms with Crippen molar-refractivity contribution < 1.29 is 28.5 Å². The number of carbonyl (C=O) groups is 2. The maximum atomic E-state index is 11.2. The highest BCUT2D eigenvalue weighted by Gasteiger charge is 2.24. The van der Waals surface area contributed by atoms with Gasteiger partial charge in [-0.05, 0) is 19.3 Å². The first-order valence-corrected chi connectivity index (χ1v) is 6.09. The Morgan fingerprint density at radius 1 is 1.33 bits per heavy atom. The summed E-state index contributed by atoms with van der Waals surface area (Å²) in [5.74, 6) is 0. The average Bonchev–Trinajstić information content (AvgIpc) is 3.09. The minimum absolute atomic E-state index is 0.154. The third-order valence-electron chi connectivity index (χ3n) is 2.68. The lowest BCUT2D eigenvalue weighted by Gasteiger charge is -2.07. The van der Waals surface area contributed by atoms with Gasteiger partial charge >= 0.3 is 12.2 Å². The number of hydrogen-bond donors (Lipinski definition) is 1. The number of ether oxygens (including phenoxy) is 4. The van der Waals surface area contributed by atoms with Crippen LogP contribution in [0.2, 0.25) is 0 Å². The first-order valence-electron chi connectivity index (χ1n) is 6.09. The van der Waals surface area contributed by atoms with Crippen LogP contribution >= 0.6 is 0 Å². The molecular weight excluding hydrogens is 242 g/mol. The second-order valence-corrected chi connectivity index (χ2v) is 4.27. The summed E-state index contributed by atoms with van der Waals surface area (Å²) in [6.07, 6.45) is 1.28. The predicted molar refractivity (Wildman–Crippen MR) is 59.2 cm³/mol. The Hall–Kier alpha value is -1.50. The van der Waals surface area contributed by atoms with E-state index >= 15 is 0 Å². The van der Waals surface area contributed by atoms with E-state index in [1.807, 2.05) is 0 Å². The number of rotatable bonds is 7. The van der Waals surface area contributed by atoms with Crippen LogP contribution in [0.15, 0.2) is 0 Å². The van der Waals surface area contributed by atoms with Crippen LogP contribution in [-0.2, 0) is 18.9 Å². The standard InChI is InChI=1S/C11H17NO6/c13-10(12-5-9-7-16-9)15-4-2-1-3-8-6-17-11(14)18-8/h8-9H,1-7H2,(H,12,13). The van der Waals surface area contributed by atoms with E-state index in [-0.39, 0.29) is 12.2 Å². The molecule has 2 atom stereocenters. The van der Waals surface area contributed by atoms with Crippen LogP contribution in [0.1, 0.15) is 19.3 Å². The fourth-order valence-electron chi connectivity index (χ4n) is 1.58. The van der Waals surface area contributed by atoms with Crippen LogP contribution in [0.5, 0.6) is 0 Å². The molecule has 1 amide bonds. The van der Waals surface area contributed by atoms with Crippen molar-refractivity contribution in [3.63, 3.8) is 0 Å². The van der Waals surface area contributed by atoms with Crippen LogP contribution < -0.4 is 5.32 Å². The molecule has 7 heteroatoms. The van der Waals surface area contributed by atoms with E-state index in [9.17, 15) is 9.59 Å². The SMILES string of the molecule is O=C(NCC1CO1)OCCCCC1COC(=O)O1. The minimum Gasteiger partial charge on any atom is -0.450 e. The zero-order valence-corrected chi connectivity index (χ0v) is 10.1. The van der Waals surface area contributed by atoms with Crippen molar-refractivity contribution in [3.8, 4) is 0 Å². The number of hydrogen-bond acceptors (Lipinski definition) is 6. The van der Waals surface area contributed by atoms with E-state index in [0.29, 0.717) is 26.4 Å². The molecule has 0 saturated carbocycles. The average molecular weight is 259 g/mol. The van der Waals surface area contributed by atoms with Crippen LogP contribution in [-0.4, -0.2) is 50.8 Å². The van der Waals surface area contributed by atoms with Gasteiger partial charge in [0, 0.05) is 6.54 Å². The second-order valence-electron chi connectivity index (χ2n) is 4.27. The van der Waals surface area contributed by atoms with Gasteiger partial charge in [0.05, 0.1) is 19.3 Å². The van der Waals surface area contributed by atoms with E-state index < -0.39 is 12.2 Å². The molecule has 2 saturated heterocycles. The molecule has 18 heavy (non-hydrogen) atoms. The Labute approximate surface area is 105 Å². The van der Waals surface area contributed by atoms with Crippen LogP contribution in [0.4, 0.5) is 9.59 Å². The quantitative estimate of drug-likeness (QED) is 0.414. The van der Waals surface area contributed by atoms with Crippen LogP contribution in [0, 0.1) is 0 Å². The molecule has 1 N–H and O–H groups in total. The molecule has 102 valence electrons. The predicted octanol–water partition coefficient (Wildman–Crippen LogP) is 0.817. The van der Waals surface area contributed by atoms with Gasteiger partial charge in [0.1, 0.15) is 12.7 Å². The van der Waals surface area contributed by atoms with E-state index in [1.54, 1.807) is 0 Å². The molecule has 0 aromatic carbocycles. The van der Waals surface area contributed by atoms with Crippen molar-refractivity contribution >= 4 is 12.2 Å². The van der Waals surface area contributed by atoms with Crippen molar-refractivity contribution in [2.75, 3.05) is 26.4 Å². The van der Waals surface area contributed by atoms with Gasteiger partial charge in [-0.15, -0.1) is 0 Å². The van der Waals surface area contributed by atoms with Gasteiger partial charge in [-0.25, -0.2) is 9.59 Å². The zero-order valence-electron chi connectivity index (χ0n) is 10.1. The fraction of sp³-hybridized carbons (Fsp3) is 0.818. The van der Waals surface area contributed by atoms with Gasteiger partial charge < -0.3 is 24.3 Å². The van der Waals surface area contributed by atoms with Gasteiger partial charge in [0.2, 0.25) is 0 Å². The van der Waals surface area contributed by atoms with Crippen LogP contribution in [0.3, 0.4) is 0 Å². The summed E-state index contributed by atoms with van der Waals surface area (Å²) < 4.78 is 19.4. The van der Waals surface area contributed by atoms with Gasteiger partial charge in [0.25, 0.3) is 0 Å². The summed E-state index contributed by atoms with van der Waals surface area (Å²) in [6, 6.07) is 0. The third kappa shape index (κ3) is 4.79. The smallest absolute Gasteiger partial charge is 0.450 e. The molecule has 0 aromatic rings. The second kappa shape index (κ2) is 6.44. The molecular formula is C11H17NO6. The van der Waals surface area contributed by atoms with E-state index in [2.05, 4.69) is 10.1 Å². The summed E-state index contributed by atoms with van der Waals surface area (Å²) in [7, 11) is 0. The Bertz CT molecular complexity index is 304. The normalized spacial score (nSPS) is 25.2. The molecule has 2 fully saturated rings. The summed E-state index contributed by atoms with van der Waals surface area (Å²) in [5.41, 5.74) is 0. The van der Waals surface area contributed by atoms with E-state index in [1.165, 1.54) is 0 Å². The number of unbranched alkanes of at least 4 members (excludes halogenated alkanes) is 1. The molecule has 0 radical (unpaired) electrons. The van der Waals surface area contributed by atoms with Crippen molar-refractivity contribution in [1.82, 2.24) is 5.32 Å². The molecule has 0 spiro atoms. The van der Waals surface area contributed by atoms with Crippen molar-refractivity contribution in [1.29, 1.82) is 0 Å². The minimum atomic E-state index is -0.599. The molecule has 2 aliphatic heterocycles. The summed E-state index contributed by atoms with van der Waals surface area (Å²) in [4.78, 5) is 21.8. The monoisotopic (exact) mass is 259 g/mol. The first kappa shape index (κ1) is 12.9. The highest BCUT2D eigenvalue weighted by molar-refractivity contribution is 5.67. The van der Waals surface area contributed by atoms with Crippen molar-refractivity contribution in [3.05, 3.63) is 0 Å². The lowest BCUT2D eigenvalue weighted by atomic mass is 10.2.